The van der Waals surface area contributed by atoms with Crippen LogP contribution in [0.3, 0.4) is 0 Å². The number of amides is 2. The monoisotopic (exact) mass is 468 g/mol. The van der Waals surface area contributed by atoms with Crippen molar-refractivity contribution in [3.63, 3.8) is 0 Å². The number of rotatable bonds is 8. The van der Waals surface area contributed by atoms with Crippen LogP contribution >= 0.6 is 27.5 Å². The van der Waals surface area contributed by atoms with Crippen LogP contribution in [0.25, 0.3) is 0 Å². The molecule has 28 heavy (non-hydrogen) atoms. The quantitative estimate of drug-likeness (QED) is 0.563. The summed E-state index contributed by atoms with van der Waals surface area (Å²) in [4.78, 5) is 24.3. The van der Waals surface area contributed by atoms with Crippen molar-refractivity contribution in [1.29, 1.82) is 0 Å². The molecular formula is C20H22BrClN2O4. The second kappa shape index (κ2) is 10.9. The lowest BCUT2D eigenvalue weighted by Gasteiger charge is -2.13. The van der Waals surface area contributed by atoms with Crippen LogP contribution in [0.15, 0.2) is 46.9 Å². The summed E-state index contributed by atoms with van der Waals surface area (Å²) in [7, 11) is 0. The highest BCUT2D eigenvalue weighted by Gasteiger charge is 2.13. The van der Waals surface area contributed by atoms with E-state index in [4.69, 9.17) is 21.1 Å². The summed E-state index contributed by atoms with van der Waals surface area (Å²) in [6, 6.07) is 11.8. The Morgan fingerprint density at radius 2 is 1.82 bits per heavy atom. The maximum Gasteiger partial charge on any atom is 0.276 e. The molecule has 0 atom stereocenters. The fraction of sp³-hybridized carbons (Fsp3) is 0.300. The predicted molar refractivity (Wildman–Crippen MR) is 112 cm³/mol. The number of ether oxygens (including phenoxy) is 2. The minimum Gasteiger partial charge on any atom is -0.493 e. The third-order valence-corrected chi connectivity index (χ3v) is 4.51. The molecule has 8 heteroatoms. The highest BCUT2D eigenvalue weighted by atomic mass is 79.9. The minimum atomic E-state index is -0.506. The zero-order valence-corrected chi connectivity index (χ0v) is 18.0. The molecule has 0 unspecified atom stereocenters. The zero-order chi connectivity index (χ0) is 20.5. The molecule has 0 aliphatic carbocycles. The molecule has 0 fully saturated rings. The number of hydrogen-bond donors (Lipinski definition) is 2. The molecule has 150 valence electrons. The first-order valence-electron chi connectivity index (χ1n) is 8.75. The van der Waals surface area contributed by atoms with Gasteiger partial charge in [0.25, 0.3) is 11.8 Å². The fourth-order valence-corrected chi connectivity index (χ4v) is 2.95. The zero-order valence-electron chi connectivity index (χ0n) is 15.6. The van der Waals surface area contributed by atoms with Gasteiger partial charge in [0, 0.05) is 5.02 Å². The van der Waals surface area contributed by atoms with E-state index in [0.29, 0.717) is 39.1 Å². The van der Waals surface area contributed by atoms with Crippen LogP contribution in [0.1, 0.15) is 30.6 Å². The third-order valence-electron chi connectivity index (χ3n) is 3.65. The van der Waals surface area contributed by atoms with Crippen molar-refractivity contribution < 1.29 is 19.1 Å². The first-order valence-corrected chi connectivity index (χ1v) is 9.92. The largest absolute Gasteiger partial charge is 0.493 e. The molecule has 6 nitrogen and oxygen atoms in total. The molecule has 0 spiro atoms. The van der Waals surface area contributed by atoms with Gasteiger partial charge in [0.1, 0.15) is 11.5 Å². The molecule has 0 aromatic heterocycles. The molecule has 0 bridgehead atoms. The van der Waals surface area contributed by atoms with Gasteiger partial charge in [0.15, 0.2) is 6.61 Å². The van der Waals surface area contributed by atoms with Crippen LogP contribution < -0.4 is 20.3 Å². The van der Waals surface area contributed by atoms with Crippen molar-refractivity contribution >= 4 is 39.3 Å². The van der Waals surface area contributed by atoms with Gasteiger partial charge < -0.3 is 9.47 Å². The van der Waals surface area contributed by atoms with Crippen LogP contribution in [0.2, 0.25) is 5.02 Å². The van der Waals surface area contributed by atoms with E-state index in [-0.39, 0.29) is 6.61 Å². The number of carbonyl (C=O) groups excluding carboxylic acids is 2. The number of hydrogen-bond acceptors (Lipinski definition) is 4. The Morgan fingerprint density at radius 1 is 1.07 bits per heavy atom. The first-order chi connectivity index (χ1) is 13.4. The smallest absolute Gasteiger partial charge is 0.276 e. The molecule has 2 aromatic carbocycles. The highest BCUT2D eigenvalue weighted by molar-refractivity contribution is 9.10. The Bertz CT molecular complexity index is 830. The van der Waals surface area contributed by atoms with Crippen molar-refractivity contribution in [3.05, 3.63) is 57.5 Å². The number of hydrazine groups is 1. The van der Waals surface area contributed by atoms with E-state index in [9.17, 15) is 9.59 Å². The van der Waals surface area contributed by atoms with Crippen LogP contribution in [-0.4, -0.2) is 25.0 Å². The second-order valence-electron chi connectivity index (χ2n) is 6.39. The molecule has 0 aliphatic rings. The van der Waals surface area contributed by atoms with Crippen LogP contribution in [-0.2, 0) is 4.79 Å². The van der Waals surface area contributed by atoms with Crippen LogP contribution in [0.5, 0.6) is 11.5 Å². The van der Waals surface area contributed by atoms with Crippen molar-refractivity contribution in [2.75, 3.05) is 13.2 Å². The summed E-state index contributed by atoms with van der Waals surface area (Å²) < 4.78 is 11.7. The summed E-state index contributed by atoms with van der Waals surface area (Å²) in [6.45, 7) is 4.44. The van der Waals surface area contributed by atoms with E-state index in [2.05, 4.69) is 40.6 Å². The topological polar surface area (TPSA) is 76.7 Å². The SMILES string of the molecule is CC(C)CCOc1ccccc1C(=O)NNC(=O)COc1ccc(Cl)cc1Br. The number of halogens is 2. The molecule has 2 aromatic rings. The maximum absolute atomic E-state index is 12.4. The number of carbonyl (C=O) groups is 2. The molecular weight excluding hydrogens is 448 g/mol. The van der Waals surface area contributed by atoms with Crippen molar-refractivity contribution in [2.24, 2.45) is 5.92 Å². The Labute approximate surface area is 177 Å². The Kier molecular flexibility index (Phi) is 8.60. The Hall–Kier alpha value is -2.25. The van der Waals surface area contributed by atoms with Gasteiger partial charge in [0.05, 0.1) is 16.6 Å². The summed E-state index contributed by atoms with van der Waals surface area (Å²) in [5.74, 6) is 0.460. The number of benzene rings is 2. The molecule has 0 saturated heterocycles. The van der Waals surface area contributed by atoms with Gasteiger partial charge >= 0.3 is 0 Å². The Balaban J connectivity index is 1.85. The highest BCUT2D eigenvalue weighted by Crippen LogP contribution is 2.27. The normalized spacial score (nSPS) is 10.5. The summed E-state index contributed by atoms with van der Waals surface area (Å²) in [5.41, 5.74) is 5.03. The molecule has 0 radical (unpaired) electrons. The van der Waals surface area contributed by atoms with E-state index in [1.807, 2.05) is 0 Å². The van der Waals surface area contributed by atoms with Gasteiger partial charge in [-0.2, -0.15) is 0 Å². The maximum atomic E-state index is 12.4. The summed E-state index contributed by atoms with van der Waals surface area (Å²) >= 11 is 9.16. The molecule has 0 heterocycles. The molecule has 2 N–H and O–H groups in total. The van der Waals surface area contributed by atoms with Gasteiger partial charge in [-0.15, -0.1) is 0 Å². The lowest BCUT2D eigenvalue weighted by atomic mass is 10.1. The average Bonchev–Trinajstić information content (AvgIpc) is 2.65. The van der Waals surface area contributed by atoms with E-state index in [1.165, 1.54) is 0 Å². The van der Waals surface area contributed by atoms with E-state index in [0.717, 1.165) is 6.42 Å². The van der Waals surface area contributed by atoms with Gasteiger partial charge in [-0.25, -0.2) is 0 Å². The van der Waals surface area contributed by atoms with Gasteiger partial charge in [-0.05, 0) is 58.6 Å². The lowest BCUT2D eigenvalue weighted by Crippen LogP contribution is -2.44. The average molecular weight is 470 g/mol. The standard InChI is InChI=1S/C20H22BrClN2O4/c1-13(2)9-10-27-17-6-4-3-5-15(17)20(26)24-23-19(25)12-28-18-8-7-14(22)11-16(18)21/h3-8,11,13H,9-10,12H2,1-2H3,(H,23,25)(H,24,26). The van der Waals surface area contributed by atoms with Crippen LogP contribution in [0.4, 0.5) is 0 Å². The summed E-state index contributed by atoms with van der Waals surface area (Å²) in [5, 5.41) is 0.546. The molecule has 0 saturated carbocycles. The number of nitrogens with one attached hydrogen (secondary N) is 2. The fourth-order valence-electron chi connectivity index (χ4n) is 2.15. The van der Waals surface area contributed by atoms with Crippen molar-refractivity contribution in [3.8, 4) is 11.5 Å². The lowest BCUT2D eigenvalue weighted by molar-refractivity contribution is -0.123. The predicted octanol–water partition coefficient (Wildman–Crippen LogP) is 4.37. The molecule has 2 rings (SSSR count). The van der Waals surface area contributed by atoms with Gasteiger partial charge in [0.2, 0.25) is 0 Å². The third kappa shape index (κ3) is 7.05. The van der Waals surface area contributed by atoms with Crippen molar-refractivity contribution in [1.82, 2.24) is 10.9 Å². The minimum absolute atomic E-state index is 0.271. The number of para-hydroxylation sites is 1. The Morgan fingerprint density at radius 3 is 2.54 bits per heavy atom. The van der Waals surface area contributed by atoms with Crippen molar-refractivity contribution in [2.45, 2.75) is 20.3 Å². The molecule has 2 amide bonds. The van der Waals surface area contributed by atoms with Gasteiger partial charge in [-0.3, -0.25) is 20.4 Å². The van der Waals surface area contributed by atoms with Gasteiger partial charge in [-0.1, -0.05) is 37.6 Å². The van der Waals surface area contributed by atoms with E-state index < -0.39 is 11.8 Å². The van der Waals surface area contributed by atoms with Crippen LogP contribution in [0, 0.1) is 5.92 Å². The molecule has 0 aliphatic heterocycles. The second-order valence-corrected chi connectivity index (χ2v) is 7.68. The summed E-state index contributed by atoms with van der Waals surface area (Å²) in [6.07, 6.45) is 0.879. The first kappa shape index (κ1) is 22.0. The van der Waals surface area contributed by atoms with E-state index >= 15 is 0 Å². The van der Waals surface area contributed by atoms with E-state index in [1.54, 1.807) is 42.5 Å².